The zero-order valence-electron chi connectivity index (χ0n) is 35.0. The maximum atomic E-state index is 5.62. The molecular weight excluding hydrogens is 809 g/mol. The Morgan fingerprint density at radius 3 is 1.85 bits per heavy atom. The van der Waals surface area contributed by atoms with Crippen molar-refractivity contribution in [1.82, 2.24) is 19.1 Å². The highest BCUT2D eigenvalue weighted by Crippen LogP contribution is 2.45. The van der Waals surface area contributed by atoms with Gasteiger partial charge in [0, 0.05) is 47.8 Å². The first kappa shape index (κ1) is 36.1. The molecule has 0 aliphatic heterocycles. The molecule has 0 radical (unpaired) electrons. The number of rotatable bonds is 5. The number of benzene rings is 10. The van der Waals surface area contributed by atoms with Crippen LogP contribution in [0.1, 0.15) is 0 Å². The maximum absolute atomic E-state index is 5.62. The number of fused-ring (bicyclic) bond motifs is 12. The third kappa shape index (κ3) is 5.43. The fraction of sp³-hybridized carbons (Fsp3) is 0. The second kappa shape index (κ2) is 14.1. The van der Waals surface area contributed by atoms with Crippen LogP contribution < -0.4 is 0 Å². The van der Waals surface area contributed by atoms with Gasteiger partial charge in [-0.15, -0.1) is 11.3 Å². The first-order chi connectivity index (χ1) is 32.2. The highest BCUT2D eigenvalue weighted by atomic mass is 32.1. The molecule has 0 saturated heterocycles. The van der Waals surface area contributed by atoms with E-state index >= 15 is 0 Å². The Kier molecular flexibility index (Phi) is 7.82. The molecule has 4 aromatic heterocycles. The molecule has 5 heteroatoms. The van der Waals surface area contributed by atoms with E-state index in [1.165, 1.54) is 74.8 Å². The number of nitrogens with zero attached hydrogens (tertiary/aromatic N) is 4. The van der Waals surface area contributed by atoms with Gasteiger partial charge >= 0.3 is 0 Å². The van der Waals surface area contributed by atoms with Crippen LogP contribution >= 0.6 is 11.3 Å². The number of para-hydroxylation sites is 2. The van der Waals surface area contributed by atoms with E-state index in [2.05, 4.69) is 228 Å². The Morgan fingerprint density at radius 2 is 0.985 bits per heavy atom. The minimum atomic E-state index is 0.651. The summed E-state index contributed by atoms with van der Waals surface area (Å²) in [4.78, 5) is 12.4. The quantitative estimate of drug-likeness (QED) is 0.173. The number of hydrogen-bond donors (Lipinski definition) is 0. The van der Waals surface area contributed by atoms with Crippen LogP contribution in [0.2, 0.25) is 0 Å². The second-order valence-corrected chi connectivity index (χ2v) is 17.9. The fourth-order valence-corrected chi connectivity index (χ4v) is 11.7. The summed E-state index contributed by atoms with van der Waals surface area (Å²) < 4.78 is 5.87. The summed E-state index contributed by atoms with van der Waals surface area (Å²) in [6, 6.07) is 79.0. The van der Waals surface area contributed by atoms with E-state index in [-0.39, 0.29) is 0 Å². The molecule has 302 valence electrons. The molecule has 0 unspecified atom stereocenters. The van der Waals surface area contributed by atoms with Crippen molar-refractivity contribution in [3.05, 3.63) is 218 Å². The van der Waals surface area contributed by atoms with E-state index in [1.54, 1.807) is 0 Å². The Labute approximate surface area is 377 Å². The van der Waals surface area contributed by atoms with E-state index in [0.717, 1.165) is 49.8 Å². The third-order valence-electron chi connectivity index (χ3n) is 13.3. The summed E-state index contributed by atoms with van der Waals surface area (Å²) in [5.74, 6) is 0.651. The van der Waals surface area contributed by atoms with E-state index in [0.29, 0.717) is 5.95 Å². The van der Waals surface area contributed by atoms with Crippen molar-refractivity contribution >= 4 is 97.5 Å². The van der Waals surface area contributed by atoms with Crippen LogP contribution in [-0.2, 0) is 0 Å². The molecule has 0 spiro atoms. The highest BCUT2D eigenvalue weighted by molar-refractivity contribution is 7.23. The molecule has 0 fully saturated rings. The topological polar surface area (TPSA) is 35.6 Å². The van der Waals surface area contributed by atoms with Gasteiger partial charge in [-0.2, -0.15) is 0 Å². The van der Waals surface area contributed by atoms with Crippen molar-refractivity contribution in [3.63, 3.8) is 0 Å². The molecule has 14 aromatic rings. The molecule has 0 aliphatic rings. The predicted molar refractivity (Wildman–Crippen MR) is 275 cm³/mol. The van der Waals surface area contributed by atoms with Gasteiger partial charge in [-0.3, -0.25) is 4.57 Å². The number of aromatic nitrogens is 4. The van der Waals surface area contributed by atoms with Gasteiger partial charge in [-0.1, -0.05) is 164 Å². The van der Waals surface area contributed by atoms with Gasteiger partial charge in [0.05, 0.1) is 33.3 Å². The van der Waals surface area contributed by atoms with Crippen molar-refractivity contribution in [3.8, 4) is 44.5 Å². The van der Waals surface area contributed by atoms with E-state index in [1.807, 2.05) is 11.3 Å². The molecule has 0 atom stereocenters. The number of hydrogen-bond acceptors (Lipinski definition) is 3. The summed E-state index contributed by atoms with van der Waals surface area (Å²) >= 11 is 1.83. The van der Waals surface area contributed by atoms with Crippen molar-refractivity contribution in [2.24, 2.45) is 0 Å². The summed E-state index contributed by atoms with van der Waals surface area (Å²) in [6.07, 6.45) is 0. The van der Waals surface area contributed by atoms with Gasteiger partial charge in [0.25, 0.3) is 0 Å². The molecule has 0 amide bonds. The molecule has 0 N–H and O–H groups in total. The molecule has 14 rings (SSSR count). The summed E-state index contributed by atoms with van der Waals surface area (Å²) in [7, 11) is 0. The molecule has 0 saturated carbocycles. The lowest BCUT2D eigenvalue weighted by Gasteiger charge is -2.13. The van der Waals surface area contributed by atoms with E-state index in [4.69, 9.17) is 9.97 Å². The standard InChI is InChI=1S/C60H36N4S/c1-3-17-39(18-4-1)58-57-49(32-29-41-36-54(65-59(41)57)46-26-13-19-37-15-7-9-22-43(37)46)61-60(62-58)64-51-33-31-40(35-48(51)56-44-23-10-8-16-38(44)30-34-53(56)64)45-25-14-28-52-55(45)47-24-11-12-27-50(47)63(52)42-20-5-2-6-21-42/h1-36H. The SMILES string of the molecule is c1ccc(-c2nc(-n3c4ccc(-c5cccc6c5c5ccccc5n6-c5ccccc5)cc4c4c5ccccc5ccc43)nc3ccc4cc(-c5cccc6ccccc56)sc4c23)cc1. The average Bonchev–Trinajstić information content (AvgIpc) is 4.07. The first-order valence-corrected chi connectivity index (χ1v) is 22.9. The van der Waals surface area contributed by atoms with Crippen molar-refractivity contribution in [1.29, 1.82) is 0 Å². The lowest BCUT2D eigenvalue weighted by Crippen LogP contribution is -2.03. The van der Waals surface area contributed by atoms with E-state index < -0.39 is 0 Å². The minimum absolute atomic E-state index is 0.651. The van der Waals surface area contributed by atoms with Gasteiger partial charge in [-0.05, 0) is 98.2 Å². The van der Waals surface area contributed by atoms with Crippen LogP contribution in [0.5, 0.6) is 0 Å². The summed E-state index contributed by atoms with van der Waals surface area (Å²) in [5.41, 5.74) is 12.2. The van der Waals surface area contributed by atoms with Gasteiger partial charge in [-0.25, -0.2) is 9.97 Å². The Bertz CT molecular complexity index is 4230. The average molecular weight is 845 g/mol. The van der Waals surface area contributed by atoms with Crippen molar-refractivity contribution in [2.75, 3.05) is 0 Å². The Hall–Kier alpha value is -8.38. The Balaban J connectivity index is 1.03. The molecule has 4 heterocycles. The smallest absolute Gasteiger partial charge is 0.235 e. The lowest BCUT2D eigenvalue weighted by molar-refractivity contribution is 1.01. The predicted octanol–water partition coefficient (Wildman–Crippen LogP) is 16.3. The summed E-state index contributed by atoms with van der Waals surface area (Å²) in [5, 5.41) is 12.0. The van der Waals surface area contributed by atoms with Crippen LogP contribution in [-0.4, -0.2) is 19.1 Å². The van der Waals surface area contributed by atoms with Crippen LogP contribution in [0.4, 0.5) is 0 Å². The van der Waals surface area contributed by atoms with Gasteiger partial charge in [0.15, 0.2) is 0 Å². The molecular formula is C60H36N4S. The van der Waals surface area contributed by atoms with Gasteiger partial charge < -0.3 is 4.57 Å². The molecule has 65 heavy (non-hydrogen) atoms. The van der Waals surface area contributed by atoms with Crippen LogP contribution in [0.3, 0.4) is 0 Å². The van der Waals surface area contributed by atoms with Crippen LogP contribution in [0, 0.1) is 0 Å². The van der Waals surface area contributed by atoms with Crippen LogP contribution in [0.15, 0.2) is 218 Å². The molecule has 4 nitrogen and oxygen atoms in total. The summed E-state index contributed by atoms with van der Waals surface area (Å²) in [6.45, 7) is 0. The third-order valence-corrected chi connectivity index (χ3v) is 14.5. The van der Waals surface area contributed by atoms with Crippen LogP contribution in [0.25, 0.3) is 131 Å². The zero-order chi connectivity index (χ0) is 42.6. The molecule has 0 aliphatic carbocycles. The first-order valence-electron chi connectivity index (χ1n) is 22.1. The normalized spacial score (nSPS) is 12.0. The minimum Gasteiger partial charge on any atom is -0.309 e. The van der Waals surface area contributed by atoms with Gasteiger partial charge in [0.1, 0.15) is 0 Å². The van der Waals surface area contributed by atoms with Crippen molar-refractivity contribution < 1.29 is 0 Å². The lowest BCUT2D eigenvalue weighted by atomic mass is 9.97. The largest absolute Gasteiger partial charge is 0.309 e. The maximum Gasteiger partial charge on any atom is 0.235 e. The Morgan fingerprint density at radius 1 is 0.354 bits per heavy atom. The number of thiophene rings is 1. The van der Waals surface area contributed by atoms with Gasteiger partial charge in [0.2, 0.25) is 5.95 Å². The monoisotopic (exact) mass is 844 g/mol. The van der Waals surface area contributed by atoms with E-state index in [9.17, 15) is 0 Å². The second-order valence-electron chi connectivity index (χ2n) is 16.9. The molecule has 10 aromatic carbocycles. The highest BCUT2D eigenvalue weighted by Gasteiger charge is 2.23. The zero-order valence-corrected chi connectivity index (χ0v) is 35.8. The fourth-order valence-electron chi connectivity index (χ4n) is 10.5. The van der Waals surface area contributed by atoms with Crippen molar-refractivity contribution in [2.45, 2.75) is 0 Å². The molecule has 0 bridgehead atoms.